The zero-order chi connectivity index (χ0) is 33.4. The normalized spacial score (nSPS) is 13.2. The van der Waals surface area contributed by atoms with Gasteiger partial charge in [-0.1, -0.05) is 121 Å². The second-order valence-corrected chi connectivity index (χ2v) is 10.4. The molecule has 5 nitrogen and oxygen atoms in total. The van der Waals surface area contributed by atoms with Gasteiger partial charge in [-0.2, -0.15) is 0 Å². The first-order valence-electron chi connectivity index (χ1n) is 16.6. The second-order valence-electron chi connectivity index (χ2n) is 10.4. The maximum absolute atomic E-state index is 8.67. The van der Waals surface area contributed by atoms with E-state index in [4.69, 9.17) is 25.7 Å². The van der Waals surface area contributed by atoms with E-state index in [2.05, 4.69) is 17.1 Å². The van der Waals surface area contributed by atoms with E-state index in [0.29, 0.717) is 28.1 Å². The summed E-state index contributed by atoms with van der Waals surface area (Å²) in [5.74, 6) is 0.531. The molecule has 0 saturated carbocycles. The average Bonchev–Trinajstić information content (AvgIpc) is 3.72. The molecule has 206 valence electrons. The lowest BCUT2D eigenvalue weighted by molar-refractivity contribution is 0.668. The van der Waals surface area contributed by atoms with Gasteiger partial charge in [0.15, 0.2) is 17.5 Å². The Kier molecular flexibility index (Phi) is 4.42. The standard InChI is InChI=1S/C39H23N3O2/c1-3-12-24(13-4-1)37-40-38(25-14-5-2-6-15-25)42-39(41-37)30-20-11-23-33-35(30)34-27(17-10-22-32(34)43-33)29-19-9-18-28-26-16-7-8-21-31(26)44-36(28)29/h1-23H/i1D,3D,4D,12D,13D. The third-order valence-electron chi connectivity index (χ3n) is 7.85. The van der Waals surface area contributed by atoms with Crippen molar-refractivity contribution in [1.29, 1.82) is 0 Å². The Morgan fingerprint density at radius 2 is 1.02 bits per heavy atom. The molecular formula is C39H23N3O2. The van der Waals surface area contributed by atoms with Crippen molar-refractivity contribution in [2.24, 2.45) is 0 Å². The van der Waals surface area contributed by atoms with Gasteiger partial charge in [0.05, 0.1) is 6.85 Å². The third kappa shape index (κ3) is 3.83. The molecule has 0 amide bonds. The predicted octanol–water partition coefficient (Wildman–Crippen LogP) is 10.3. The molecule has 0 radical (unpaired) electrons. The lowest BCUT2D eigenvalue weighted by atomic mass is 9.95. The Labute approximate surface area is 259 Å². The van der Waals surface area contributed by atoms with Gasteiger partial charge in [0, 0.05) is 43.8 Å². The number of aromatic nitrogens is 3. The molecule has 44 heavy (non-hydrogen) atoms. The van der Waals surface area contributed by atoms with Gasteiger partial charge < -0.3 is 8.83 Å². The summed E-state index contributed by atoms with van der Waals surface area (Å²) in [4.78, 5) is 14.4. The number of furan rings is 2. The second kappa shape index (κ2) is 9.75. The molecule has 0 bridgehead atoms. The minimum absolute atomic E-state index is 0.0297. The monoisotopic (exact) mass is 570 g/mol. The quantitative estimate of drug-likeness (QED) is 0.211. The van der Waals surface area contributed by atoms with Crippen molar-refractivity contribution in [2.75, 3.05) is 0 Å². The van der Waals surface area contributed by atoms with E-state index in [9.17, 15) is 0 Å². The molecule has 0 aliphatic carbocycles. The van der Waals surface area contributed by atoms with Crippen LogP contribution in [0.1, 0.15) is 6.85 Å². The Morgan fingerprint density at radius 1 is 0.432 bits per heavy atom. The van der Waals surface area contributed by atoms with Crippen LogP contribution in [-0.2, 0) is 0 Å². The summed E-state index contributed by atoms with van der Waals surface area (Å²) >= 11 is 0. The van der Waals surface area contributed by atoms with Gasteiger partial charge in [0.1, 0.15) is 22.3 Å². The molecule has 9 aromatic rings. The molecule has 0 saturated heterocycles. The lowest BCUT2D eigenvalue weighted by Gasteiger charge is -2.10. The van der Waals surface area contributed by atoms with E-state index >= 15 is 0 Å². The highest BCUT2D eigenvalue weighted by atomic mass is 16.3. The largest absolute Gasteiger partial charge is 0.456 e. The van der Waals surface area contributed by atoms with E-state index in [1.807, 2.05) is 97.1 Å². The van der Waals surface area contributed by atoms with Crippen LogP contribution in [0.4, 0.5) is 0 Å². The maximum atomic E-state index is 8.67. The fraction of sp³-hybridized carbons (Fsp3) is 0. The first-order chi connectivity index (χ1) is 23.9. The van der Waals surface area contributed by atoms with Gasteiger partial charge in [-0.25, -0.2) is 15.0 Å². The van der Waals surface area contributed by atoms with Gasteiger partial charge >= 0.3 is 0 Å². The van der Waals surface area contributed by atoms with Crippen molar-refractivity contribution in [1.82, 2.24) is 15.0 Å². The molecule has 0 aliphatic rings. The van der Waals surface area contributed by atoms with Crippen molar-refractivity contribution >= 4 is 43.9 Å². The molecule has 0 unspecified atom stereocenters. The number of rotatable bonds is 4. The molecule has 0 spiro atoms. The number of para-hydroxylation sites is 2. The van der Waals surface area contributed by atoms with Crippen LogP contribution in [-0.4, -0.2) is 15.0 Å². The van der Waals surface area contributed by atoms with E-state index < -0.39 is 30.2 Å². The van der Waals surface area contributed by atoms with Gasteiger partial charge in [-0.15, -0.1) is 0 Å². The Balaban J connectivity index is 1.36. The highest BCUT2D eigenvalue weighted by Gasteiger charge is 2.21. The van der Waals surface area contributed by atoms with Crippen LogP contribution in [0.25, 0.3) is 89.2 Å². The average molecular weight is 571 g/mol. The third-order valence-corrected chi connectivity index (χ3v) is 7.85. The number of fused-ring (bicyclic) bond motifs is 6. The summed E-state index contributed by atoms with van der Waals surface area (Å²) in [5.41, 5.74) is 5.85. The van der Waals surface area contributed by atoms with Crippen molar-refractivity contribution in [3.05, 3.63) is 139 Å². The SMILES string of the molecule is [2H]c1c([2H])c([2H])c(-c2nc(-c3ccccc3)nc(-c3cccc4oc5cccc(-c6cccc7c6oc6ccccc67)c5c34)n2)c([2H])c1[2H]. The fourth-order valence-electron chi connectivity index (χ4n) is 5.92. The molecule has 3 heterocycles. The molecule has 0 atom stereocenters. The Morgan fingerprint density at radius 3 is 1.84 bits per heavy atom. The number of hydrogen-bond acceptors (Lipinski definition) is 5. The zero-order valence-electron chi connectivity index (χ0n) is 28.1. The molecule has 0 N–H and O–H groups in total. The van der Waals surface area contributed by atoms with Crippen molar-refractivity contribution in [3.63, 3.8) is 0 Å². The Hall–Kier alpha value is -6.07. The zero-order valence-corrected chi connectivity index (χ0v) is 23.1. The number of benzene rings is 6. The lowest BCUT2D eigenvalue weighted by Crippen LogP contribution is -2.00. The highest BCUT2D eigenvalue weighted by Crippen LogP contribution is 2.44. The van der Waals surface area contributed by atoms with Crippen LogP contribution in [0, 0.1) is 0 Å². The van der Waals surface area contributed by atoms with Crippen LogP contribution in [0.15, 0.2) is 148 Å². The van der Waals surface area contributed by atoms with Gasteiger partial charge in [-0.3, -0.25) is 0 Å². The highest BCUT2D eigenvalue weighted by molar-refractivity contribution is 6.20. The molecule has 5 heteroatoms. The maximum Gasteiger partial charge on any atom is 0.164 e. The fourth-order valence-corrected chi connectivity index (χ4v) is 5.92. The van der Waals surface area contributed by atoms with Gasteiger partial charge in [0.25, 0.3) is 0 Å². The number of nitrogens with zero attached hydrogens (tertiary/aromatic N) is 3. The first kappa shape index (κ1) is 19.9. The van der Waals surface area contributed by atoms with E-state index in [1.54, 1.807) is 0 Å². The topological polar surface area (TPSA) is 65.0 Å². The molecule has 0 aliphatic heterocycles. The van der Waals surface area contributed by atoms with Crippen molar-refractivity contribution < 1.29 is 15.7 Å². The van der Waals surface area contributed by atoms with E-state index in [1.165, 1.54) is 0 Å². The van der Waals surface area contributed by atoms with Gasteiger partial charge in [0.2, 0.25) is 0 Å². The number of hydrogen-bond donors (Lipinski definition) is 0. The summed E-state index contributed by atoms with van der Waals surface area (Å²) < 4.78 is 54.9. The smallest absolute Gasteiger partial charge is 0.164 e. The molecule has 0 fully saturated rings. The summed E-state index contributed by atoms with van der Waals surface area (Å²) in [6, 6.07) is 32.7. The first-order valence-corrected chi connectivity index (χ1v) is 14.1. The molecule has 6 aromatic carbocycles. The molecular weight excluding hydrogens is 542 g/mol. The van der Waals surface area contributed by atoms with Crippen LogP contribution >= 0.6 is 0 Å². The van der Waals surface area contributed by atoms with Crippen LogP contribution in [0.2, 0.25) is 0 Å². The van der Waals surface area contributed by atoms with Gasteiger partial charge in [-0.05, 0) is 23.8 Å². The van der Waals surface area contributed by atoms with Crippen molar-refractivity contribution in [2.45, 2.75) is 0 Å². The summed E-state index contributed by atoms with van der Waals surface area (Å²) in [7, 11) is 0. The van der Waals surface area contributed by atoms with E-state index in [-0.39, 0.29) is 17.2 Å². The summed E-state index contributed by atoms with van der Waals surface area (Å²) in [6.07, 6.45) is 0. The molecule has 9 rings (SSSR count). The Bertz CT molecular complexity index is 2760. The van der Waals surface area contributed by atoms with Crippen LogP contribution < -0.4 is 0 Å². The summed E-state index contributed by atoms with van der Waals surface area (Å²) in [6.45, 7) is 0. The molecule has 3 aromatic heterocycles. The van der Waals surface area contributed by atoms with Crippen LogP contribution in [0.3, 0.4) is 0 Å². The predicted molar refractivity (Wildman–Crippen MR) is 176 cm³/mol. The minimum atomic E-state index is -0.488. The van der Waals surface area contributed by atoms with E-state index in [0.717, 1.165) is 43.8 Å². The van der Waals surface area contributed by atoms with Crippen molar-refractivity contribution in [3.8, 4) is 45.3 Å². The minimum Gasteiger partial charge on any atom is -0.456 e. The van der Waals surface area contributed by atoms with Crippen LogP contribution in [0.5, 0.6) is 0 Å². The summed E-state index contributed by atoms with van der Waals surface area (Å²) in [5, 5.41) is 3.64.